The molecule has 0 saturated carbocycles. The molecular weight excluding hydrogens is 252 g/mol. The van der Waals surface area contributed by atoms with Gasteiger partial charge < -0.3 is 10.4 Å². The molecule has 20 heavy (non-hydrogen) atoms. The first-order chi connectivity index (χ1) is 9.36. The van der Waals surface area contributed by atoms with Gasteiger partial charge in [-0.15, -0.1) is 0 Å². The van der Waals surface area contributed by atoms with Crippen LogP contribution in [0.5, 0.6) is 0 Å². The van der Waals surface area contributed by atoms with E-state index in [0.29, 0.717) is 12.0 Å². The molecule has 2 N–H and O–H groups in total. The summed E-state index contributed by atoms with van der Waals surface area (Å²) in [7, 11) is 0. The minimum atomic E-state index is -0.0942. The van der Waals surface area contributed by atoms with Crippen LogP contribution < -0.4 is 5.32 Å². The van der Waals surface area contributed by atoms with Crippen molar-refractivity contribution in [3.05, 3.63) is 35.4 Å². The average Bonchev–Trinajstić information content (AvgIpc) is 2.38. The van der Waals surface area contributed by atoms with Crippen molar-refractivity contribution < 1.29 is 9.90 Å². The predicted octanol–water partition coefficient (Wildman–Crippen LogP) is 2.01. The van der Waals surface area contributed by atoms with Gasteiger partial charge in [0.1, 0.15) is 0 Å². The Morgan fingerprint density at radius 3 is 2.40 bits per heavy atom. The monoisotopic (exact) mass is 274 g/mol. The van der Waals surface area contributed by atoms with Crippen LogP contribution in [0.2, 0.25) is 0 Å². The van der Waals surface area contributed by atoms with E-state index in [9.17, 15) is 4.79 Å². The van der Waals surface area contributed by atoms with E-state index in [1.165, 1.54) is 0 Å². The lowest BCUT2D eigenvalue weighted by Crippen LogP contribution is -2.44. The quantitative estimate of drug-likeness (QED) is 0.862. The molecule has 0 aliphatic carbocycles. The van der Waals surface area contributed by atoms with Crippen molar-refractivity contribution in [1.29, 1.82) is 5.26 Å². The highest BCUT2D eigenvalue weighted by atomic mass is 16.3. The van der Waals surface area contributed by atoms with Gasteiger partial charge in [-0.1, -0.05) is 32.9 Å². The van der Waals surface area contributed by atoms with Crippen LogP contribution in [0.1, 0.15) is 38.3 Å². The Kier molecular flexibility index (Phi) is 5.72. The number of nitrogens with one attached hydrogen (secondary N) is 1. The first-order valence-electron chi connectivity index (χ1n) is 6.76. The molecule has 1 atom stereocenters. The Labute approximate surface area is 120 Å². The average molecular weight is 274 g/mol. The number of nitriles is 1. The van der Waals surface area contributed by atoms with E-state index in [2.05, 4.69) is 5.32 Å². The van der Waals surface area contributed by atoms with Crippen LogP contribution in [0.3, 0.4) is 0 Å². The van der Waals surface area contributed by atoms with Crippen LogP contribution in [-0.4, -0.2) is 23.7 Å². The molecule has 1 aromatic rings. The van der Waals surface area contributed by atoms with Crippen molar-refractivity contribution in [2.75, 3.05) is 6.61 Å². The van der Waals surface area contributed by atoms with Gasteiger partial charge in [-0.2, -0.15) is 5.26 Å². The van der Waals surface area contributed by atoms with E-state index in [1.54, 1.807) is 24.3 Å². The van der Waals surface area contributed by atoms with Gasteiger partial charge in [0.15, 0.2) is 0 Å². The Balaban J connectivity index is 2.63. The highest BCUT2D eigenvalue weighted by molar-refractivity contribution is 5.79. The number of hydrogen-bond donors (Lipinski definition) is 2. The number of aliphatic hydroxyl groups is 1. The van der Waals surface area contributed by atoms with Gasteiger partial charge in [0.05, 0.1) is 18.1 Å². The number of hydrogen-bond acceptors (Lipinski definition) is 3. The highest BCUT2D eigenvalue weighted by Crippen LogP contribution is 2.21. The van der Waals surface area contributed by atoms with Crippen molar-refractivity contribution in [2.45, 2.75) is 39.7 Å². The maximum absolute atomic E-state index is 12.0. The minimum absolute atomic E-state index is 0.0546. The molecule has 1 rings (SSSR count). The predicted molar refractivity (Wildman–Crippen MR) is 77.9 cm³/mol. The van der Waals surface area contributed by atoms with E-state index in [-0.39, 0.29) is 30.4 Å². The summed E-state index contributed by atoms with van der Waals surface area (Å²) in [5.74, 6) is -0.0666. The SMILES string of the molecule is CC(C)(C)C(CCO)NC(=O)Cc1ccc(C#N)cc1. The summed E-state index contributed by atoms with van der Waals surface area (Å²) < 4.78 is 0. The fourth-order valence-corrected chi connectivity index (χ4v) is 1.98. The lowest BCUT2D eigenvalue weighted by molar-refractivity contribution is -0.122. The summed E-state index contributed by atoms with van der Waals surface area (Å²) in [6.45, 7) is 6.17. The first-order valence-corrected chi connectivity index (χ1v) is 6.76. The lowest BCUT2D eigenvalue weighted by atomic mass is 9.85. The molecular formula is C16H22N2O2. The molecule has 1 aromatic carbocycles. The number of rotatable bonds is 5. The van der Waals surface area contributed by atoms with Gasteiger partial charge in [0.2, 0.25) is 5.91 Å². The van der Waals surface area contributed by atoms with Gasteiger partial charge in [0, 0.05) is 12.6 Å². The van der Waals surface area contributed by atoms with Gasteiger partial charge in [0.25, 0.3) is 0 Å². The van der Waals surface area contributed by atoms with E-state index < -0.39 is 0 Å². The van der Waals surface area contributed by atoms with Crippen LogP contribution in [-0.2, 0) is 11.2 Å². The van der Waals surface area contributed by atoms with Crippen LogP contribution in [0, 0.1) is 16.7 Å². The van der Waals surface area contributed by atoms with E-state index in [4.69, 9.17) is 10.4 Å². The molecule has 108 valence electrons. The smallest absolute Gasteiger partial charge is 0.224 e. The molecule has 0 radical (unpaired) electrons. The summed E-state index contributed by atoms with van der Waals surface area (Å²) >= 11 is 0. The fourth-order valence-electron chi connectivity index (χ4n) is 1.98. The molecule has 0 aromatic heterocycles. The molecule has 4 heteroatoms. The second kappa shape index (κ2) is 7.06. The summed E-state index contributed by atoms with van der Waals surface area (Å²) in [5, 5.41) is 20.8. The maximum atomic E-state index is 12.0. The van der Waals surface area contributed by atoms with E-state index in [0.717, 1.165) is 5.56 Å². The van der Waals surface area contributed by atoms with Gasteiger partial charge in [-0.25, -0.2) is 0 Å². The summed E-state index contributed by atoms with van der Waals surface area (Å²) in [4.78, 5) is 12.0. The first kappa shape index (κ1) is 16.2. The molecule has 0 aliphatic heterocycles. The summed E-state index contributed by atoms with van der Waals surface area (Å²) in [6.07, 6.45) is 0.826. The van der Waals surface area contributed by atoms with E-state index >= 15 is 0 Å². The Morgan fingerprint density at radius 1 is 1.35 bits per heavy atom. The fraction of sp³-hybridized carbons (Fsp3) is 0.500. The van der Waals surface area contributed by atoms with Crippen molar-refractivity contribution >= 4 is 5.91 Å². The lowest BCUT2D eigenvalue weighted by Gasteiger charge is -2.31. The third kappa shape index (κ3) is 5.02. The largest absolute Gasteiger partial charge is 0.396 e. The number of benzene rings is 1. The van der Waals surface area contributed by atoms with Crippen LogP contribution in [0.15, 0.2) is 24.3 Å². The molecule has 0 aliphatic rings. The third-order valence-corrected chi connectivity index (χ3v) is 3.25. The number of carbonyl (C=O) groups is 1. The molecule has 0 fully saturated rings. The van der Waals surface area contributed by atoms with Crippen molar-refractivity contribution in [1.82, 2.24) is 5.32 Å². The maximum Gasteiger partial charge on any atom is 0.224 e. The minimum Gasteiger partial charge on any atom is -0.396 e. The van der Waals surface area contributed by atoms with Crippen LogP contribution >= 0.6 is 0 Å². The molecule has 0 bridgehead atoms. The van der Waals surface area contributed by atoms with Gasteiger partial charge in [-0.05, 0) is 29.5 Å². The van der Waals surface area contributed by atoms with Gasteiger partial charge in [-0.3, -0.25) is 4.79 Å². The zero-order valence-electron chi connectivity index (χ0n) is 12.3. The Hall–Kier alpha value is -1.86. The zero-order chi connectivity index (χ0) is 15.2. The highest BCUT2D eigenvalue weighted by Gasteiger charge is 2.25. The summed E-state index contributed by atoms with van der Waals surface area (Å²) in [5.41, 5.74) is 1.36. The number of amides is 1. The molecule has 4 nitrogen and oxygen atoms in total. The van der Waals surface area contributed by atoms with Gasteiger partial charge >= 0.3 is 0 Å². The molecule has 0 saturated heterocycles. The molecule has 0 spiro atoms. The number of carbonyl (C=O) groups excluding carboxylic acids is 1. The summed E-state index contributed by atoms with van der Waals surface area (Å²) in [6, 6.07) is 8.98. The number of aliphatic hydroxyl groups excluding tert-OH is 1. The van der Waals surface area contributed by atoms with E-state index in [1.807, 2.05) is 26.8 Å². The number of nitrogens with zero attached hydrogens (tertiary/aromatic N) is 1. The van der Waals surface area contributed by atoms with Crippen molar-refractivity contribution in [3.8, 4) is 6.07 Å². The Bertz CT molecular complexity index is 481. The second-order valence-electron chi connectivity index (χ2n) is 5.98. The topological polar surface area (TPSA) is 73.1 Å². The zero-order valence-corrected chi connectivity index (χ0v) is 12.3. The van der Waals surface area contributed by atoms with Crippen LogP contribution in [0.25, 0.3) is 0 Å². The molecule has 1 amide bonds. The van der Waals surface area contributed by atoms with Crippen LogP contribution in [0.4, 0.5) is 0 Å². The standard InChI is InChI=1S/C16H22N2O2/c1-16(2,3)14(8-9-19)18-15(20)10-12-4-6-13(11-17)7-5-12/h4-7,14,19H,8-10H2,1-3H3,(H,18,20). The second-order valence-corrected chi connectivity index (χ2v) is 5.98. The third-order valence-electron chi connectivity index (χ3n) is 3.25. The normalized spacial score (nSPS) is 12.6. The Morgan fingerprint density at radius 2 is 1.95 bits per heavy atom. The van der Waals surface area contributed by atoms with Crippen molar-refractivity contribution in [3.63, 3.8) is 0 Å². The molecule has 0 heterocycles. The van der Waals surface area contributed by atoms with Crippen molar-refractivity contribution in [2.24, 2.45) is 5.41 Å². The molecule has 1 unspecified atom stereocenters.